The Morgan fingerprint density at radius 2 is 2.00 bits per heavy atom. The van der Waals surface area contributed by atoms with Crippen LogP contribution in [-0.2, 0) is 19.9 Å². The van der Waals surface area contributed by atoms with Crippen molar-refractivity contribution in [1.82, 2.24) is 14.5 Å². The number of carboxylic acid groups (broad SMARTS) is 1. The van der Waals surface area contributed by atoms with E-state index in [-0.39, 0.29) is 12.5 Å². The lowest BCUT2D eigenvalue weighted by Crippen LogP contribution is -2.52. The second-order valence-corrected chi connectivity index (χ2v) is 5.75. The van der Waals surface area contributed by atoms with E-state index in [1.807, 2.05) is 24.3 Å². The average Bonchev–Trinajstić information content (AvgIpc) is 2.99. The van der Waals surface area contributed by atoms with E-state index in [1.54, 1.807) is 15.8 Å². The average molecular weight is 317 g/mol. The Labute approximate surface area is 133 Å². The number of piperidine rings is 1. The lowest BCUT2D eigenvalue weighted by molar-refractivity contribution is -0.153. The molecule has 3 rings (SSSR count). The normalized spacial score (nSPS) is 17.3. The molecule has 7 nitrogen and oxygen atoms in total. The van der Waals surface area contributed by atoms with Gasteiger partial charge in [-0.15, -0.1) is 0 Å². The number of benzene rings is 1. The molecule has 1 saturated heterocycles. The molecule has 122 valence electrons. The molecule has 1 N–H and O–H groups in total. The minimum Gasteiger partial charge on any atom is -0.479 e. The number of carbonyl (C=O) groups is 2. The van der Waals surface area contributed by atoms with Crippen LogP contribution in [0.1, 0.15) is 12.8 Å². The Morgan fingerprint density at radius 1 is 1.30 bits per heavy atom. The fraction of sp³-hybridized carbons (Fsp3) is 0.438. The van der Waals surface area contributed by atoms with Crippen LogP contribution in [0, 0.1) is 0 Å². The molecule has 0 aliphatic carbocycles. The van der Waals surface area contributed by atoms with Crippen LogP contribution in [0.5, 0.6) is 0 Å². The van der Waals surface area contributed by atoms with E-state index in [0.717, 1.165) is 11.0 Å². The van der Waals surface area contributed by atoms with Crippen molar-refractivity contribution in [3.8, 4) is 0 Å². The first-order valence-corrected chi connectivity index (χ1v) is 7.51. The fourth-order valence-electron chi connectivity index (χ4n) is 3.20. The largest absolute Gasteiger partial charge is 0.479 e. The number of fused-ring (bicyclic) bond motifs is 1. The van der Waals surface area contributed by atoms with E-state index in [2.05, 4.69) is 4.98 Å². The van der Waals surface area contributed by atoms with Crippen molar-refractivity contribution in [3.05, 3.63) is 30.6 Å². The predicted octanol–water partition coefficient (Wildman–Crippen LogP) is 1.08. The number of methoxy groups -OCH3 is 1. The van der Waals surface area contributed by atoms with E-state index in [9.17, 15) is 14.7 Å². The number of carboxylic acids is 1. The summed E-state index contributed by atoms with van der Waals surface area (Å²) >= 11 is 0. The maximum Gasteiger partial charge on any atom is 0.330 e. The van der Waals surface area contributed by atoms with Crippen LogP contribution in [0.3, 0.4) is 0 Å². The number of carbonyl (C=O) groups excluding carboxylic acids is 1. The zero-order valence-corrected chi connectivity index (χ0v) is 12.9. The molecule has 1 aliphatic rings. The molecule has 1 fully saturated rings. The molecule has 0 atom stereocenters. The predicted molar refractivity (Wildman–Crippen MR) is 83.0 cm³/mol. The third-order valence-electron chi connectivity index (χ3n) is 4.52. The van der Waals surface area contributed by atoms with Gasteiger partial charge in [0.2, 0.25) is 5.91 Å². The number of likely N-dealkylation sites (tertiary alicyclic amines) is 1. The summed E-state index contributed by atoms with van der Waals surface area (Å²) in [4.78, 5) is 29.9. The van der Waals surface area contributed by atoms with Gasteiger partial charge in [-0.25, -0.2) is 9.78 Å². The minimum absolute atomic E-state index is 0.0219. The number of amides is 1. The van der Waals surface area contributed by atoms with Crippen LogP contribution in [0.15, 0.2) is 30.6 Å². The quantitative estimate of drug-likeness (QED) is 0.912. The molecule has 2 aromatic rings. The molecule has 1 aromatic carbocycles. The highest BCUT2D eigenvalue weighted by molar-refractivity contribution is 5.83. The second-order valence-electron chi connectivity index (χ2n) is 5.75. The van der Waals surface area contributed by atoms with Crippen molar-refractivity contribution in [2.75, 3.05) is 26.8 Å². The summed E-state index contributed by atoms with van der Waals surface area (Å²) in [6.45, 7) is 0.802. The summed E-state index contributed by atoms with van der Waals surface area (Å²) < 4.78 is 6.60. The number of nitrogens with zero attached hydrogens (tertiary/aromatic N) is 3. The van der Waals surface area contributed by atoms with Crippen molar-refractivity contribution in [2.24, 2.45) is 0 Å². The van der Waals surface area contributed by atoms with E-state index in [4.69, 9.17) is 4.74 Å². The highest BCUT2D eigenvalue weighted by Gasteiger charge is 2.44. The van der Waals surface area contributed by atoms with Gasteiger partial charge in [0.15, 0.2) is 0 Å². The minimum atomic E-state index is -1.07. The van der Waals surface area contributed by atoms with Crippen molar-refractivity contribution in [3.63, 3.8) is 0 Å². The van der Waals surface area contributed by atoms with Gasteiger partial charge < -0.3 is 19.3 Å². The highest BCUT2D eigenvalue weighted by Crippen LogP contribution is 2.33. The number of ether oxygens (including phenoxy) is 1. The number of aromatic nitrogens is 2. The molecular formula is C16H19N3O4. The molecule has 0 bridgehead atoms. The molecule has 0 spiro atoms. The van der Waals surface area contributed by atoms with Crippen LogP contribution in [-0.4, -0.2) is 58.2 Å². The van der Waals surface area contributed by atoms with Gasteiger partial charge in [-0.05, 0) is 25.0 Å². The zero-order chi connectivity index (χ0) is 16.4. The van der Waals surface area contributed by atoms with Gasteiger partial charge in [0.1, 0.15) is 12.1 Å². The summed E-state index contributed by atoms with van der Waals surface area (Å²) in [5, 5.41) is 9.87. The molecule has 1 amide bonds. The molecule has 0 saturated carbocycles. The molecule has 2 heterocycles. The van der Waals surface area contributed by atoms with Gasteiger partial charge >= 0.3 is 5.97 Å². The molecule has 0 unspecified atom stereocenters. The molecule has 23 heavy (non-hydrogen) atoms. The van der Waals surface area contributed by atoms with Crippen molar-refractivity contribution < 1.29 is 19.4 Å². The maximum atomic E-state index is 12.0. The van der Waals surface area contributed by atoms with E-state index >= 15 is 0 Å². The van der Waals surface area contributed by atoms with Gasteiger partial charge in [0.05, 0.1) is 17.4 Å². The van der Waals surface area contributed by atoms with Gasteiger partial charge in [-0.2, -0.15) is 0 Å². The standard InChI is InChI=1S/C16H19N3O4/c1-23-10-14(20)18-8-6-16(7-9-18,15(21)22)19-11-17-12-4-2-3-5-13(12)19/h2-5,11H,6-10H2,1H3,(H,21,22). The number of rotatable bonds is 4. The summed E-state index contributed by atoms with van der Waals surface area (Å²) in [5.74, 6) is -0.999. The van der Waals surface area contributed by atoms with Crippen LogP contribution < -0.4 is 0 Å². The molecule has 7 heteroatoms. The topological polar surface area (TPSA) is 84.7 Å². The smallest absolute Gasteiger partial charge is 0.330 e. The summed E-state index contributed by atoms with van der Waals surface area (Å²) in [5.41, 5.74) is 0.498. The first-order valence-electron chi connectivity index (χ1n) is 7.51. The Morgan fingerprint density at radius 3 is 2.65 bits per heavy atom. The summed E-state index contributed by atoms with van der Waals surface area (Å²) in [6, 6.07) is 7.47. The van der Waals surface area contributed by atoms with Crippen molar-refractivity contribution in [1.29, 1.82) is 0 Å². The van der Waals surface area contributed by atoms with Gasteiger partial charge in [-0.1, -0.05) is 12.1 Å². The lowest BCUT2D eigenvalue weighted by atomic mass is 9.87. The van der Waals surface area contributed by atoms with Gasteiger partial charge in [0, 0.05) is 20.2 Å². The highest BCUT2D eigenvalue weighted by atomic mass is 16.5. The van der Waals surface area contributed by atoms with Crippen LogP contribution in [0.4, 0.5) is 0 Å². The first kappa shape index (κ1) is 15.5. The van der Waals surface area contributed by atoms with Crippen molar-refractivity contribution >= 4 is 22.9 Å². The Balaban J connectivity index is 1.91. The van der Waals surface area contributed by atoms with Crippen molar-refractivity contribution in [2.45, 2.75) is 18.4 Å². The number of hydrogen-bond acceptors (Lipinski definition) is 4. The number of para-hydroxylation sites is 2. The third-order valence-corrected chi connectivity index (χ3v) is 4.52. The van der Waals surface area contributed by atoms with Crippen LogP contribution in [0.25, 0.3) is 11.0 Å². The van der Waals surface area contributed by atoms with E-state index in [1.165, 1.54) is 7.11 Å². The third kappa shape index (κ3) is 2.57. The van der Waals surface area contributed by atoms with Crippen LogP contribution in [0.2, 0.25) is 0 Å². The zero-order valence-electron chi connectivity index (χ0n) is 12.9. The Kier molecular flexibility index (Phi) is 4.04. The molecule has 0 radical (unpaired) electrons. The Hall–Kier alpha value is -2.41. The monoisotopic (exact) mass is 317 g/mol. The van der Waals surface area contributed by atoms with Crippen LogP contribution >= 0.6 is 0 Å². The maximum absolute atomic E-state index is 12.0. The van der Waals surface area contributed by atoms with E-state index < -0.39 is 11.5 Å². The SMILES string of the molecule is COCC(=O)N1CCC(C(=O)O)(n2cnc3ccccc32)CC1. The number of imidazole rings is 1. The van der Waals surface area contributed by atoms with Gasteiger partial charge in [0.25, 0.3) is 0 Å². The number of hydrogen-bond donors (Lipinski definition) is 1. The first-order chi connectivity index (χ1) is 11.1. The van der Waals surface area contributed by atoms with E-state index in [0.29, 0.717) is 25.9 Å². The summed E-state index contributed by atoms with van der Waals surface area (Å²) in [7, 11) is 1.47. The number of aliphatic carboxylic acids is 1. The molecule has 1 aliphatic heterocycles. The summed E-state index contributed by atoms with van der Waals surface area (Å²) in [6.07, 6.45) is 2.28. The Bertz CT molecular complexity index is 732. The second kappa shape index (κ2) is 6.00. The fourth-order valence-corrected chi connectivity index (χ4v) is 3.20. The molecule has 1 aromatic heterocycles. The van der Waals surface area contributed by atoms with Gasteiger partial charge in [-0.3, -0.25) is 4.79 Å². The molecular weight excluding hydrogens is 298 g/mol. The lowest BCUT2D eigenvalue weighted by Gasteiger charge is -2.39.